The highest BCUT2D eigenvalue weighted by molar-refractivity contribution is 6.33. The van der Waals surface area contributed by atoms with E-state index in [2.05, 4.69) is 28.4 Å². The Balaban J connectivity index is 1.75. The summed E-state index contributed by atoms with van der Waals surface area (Å²) in [5, 5.41) is 27.1. The number of rotatable bonds is 6. The van der Waals surface area contributed by atoms with Gasteiger partial charge in [0.25, 0.3) is 0 Å². The maximum absolute atomic E-state index is 10.9. The van der Waals surface area contributed by atoms with Gasteiger partial charge in [-0.05, 0) is 82.5 Å². The van der Waals surface area contributed by atoms with E-state index in [-0.39, 0.29) is 0 Å². The molecule has 1 aliphatic rings. The number of hydrogen-bond acceptors (Lipinski definition) is 3. The summed E-state index contributed by atoms with van der Waals surface area (Å²) in [7, 11) is 0. The van der Waals surface area contributed by atoms with Gasteiger partial charge in [0.1, 0.15) is 0 Å². The molecule has 5 nitrogen and oxygen atoms in total. The van der Waals surface area contributed by atoms with E-state index >= 15 is 0 Å². The number of H-pyrrole nitrogens is 1. The van der Waals surface area contributed by atoms with E-state index < -0.39 is 5.97 Å². The number of carboxylic acids is 1. The van der Waals surface area contributed by atoms with Gasteiger partial charge in [0.15, 0.2) is 0 Å². The highest BCUT2D eigenvalue weighted by Gasteiger charge is 2.28. The number of nitrogens with one attached hydrogen (secondary N) is 1. The number of aliphatic carboxylic acids is 1. The molecule has 1 saturated carbocycles. The smallest absolute Gasteiger partial charge is 0.328 e. The van der Waals surface area contributed by atoms with Crippen LogP contribution >= 0.6 is 11.6 Å². The molecule has 172 valence electrons. The lowest BCUT2D eigenvalue weighted by Gasteiger charge is -2.32. The van der Waals surface area contributed by atoms with Gasteiger partial charge < -0.3 is 5.11 Å². The molecule has 0 bridgehead atoms. The fourth-order valence-corrected chi connectivity index (χ4v) is 4.85. The Bertz CT molecular complexity index is 1520. The van der Waals surface area contributed by atoms with Gasteiger partial charge >= 0.3 is 5.97 Å². The molecule has 0 radical (unpaired) electrons. The summed E-state index contributed by atoms with van der Waals surface area (Å²) in [6.07, 6.45) is 7.83. The predicted molar refractivity (Wildman–Crippen MR) is 139 cm³/mol. The van der Waals surface area contributed by atoms with Crippen LogP contribution in [-0.4, -0.2) is 21.3 Å². The summed E-state index contributed by atoms with van der Waals surface area (Å²) in [4.78, 5) is 10.9. The Labute approximate surface area is 208 Å². The fraction of sp³-hybridized carbons (Fsp3) is 0.138. The lowest BCUT2D eigenvalue weighted by molar-refractivity contribution is -0.131. The summed E-state index contributed by atoms with van der Waals surface area (Å²) >= 11 is 6.76. The number of fused-ring (bicyclic) bond motifs is 1. The van der Waals surface area contributed by atoms with Gasteiger partial charge in [-0.2, -0.15) is 10.4 Å². The van der Waals surface area contributed by atoms with Crippen LogP contribution in [0.25, 0.3) is 28.1 Å². The van der Waals surface area contributed by atoms with Crippen molar-refractivity contribution in [1.82, 2.24) is 10.2 Å². The minimum absolute atomic E-state index is 0.349. The molecule has 6 heteroatoms. The van der Waals surface area contributed by atoms with Crippen molar-refractivity contribution in [2.75, 3.05) is 0 Å². The van der Waals surface area contributed by atoms with Crippen LogP contribution in [0.15, 0.2) is 72.9 Å². The normalized spacial score (nSPS) is 14.5. The Morgan fingerprint density at radius 2 is 1.86 bits per heavy atom. The molecule has 0 aliphatic heterocycles. The van der Waals surface area contributed by atoms with Crippen LogP contribution in [0.3, 0.4) is 0 Å². The van der Waals surface area contributed by atoms with Crippen LogP contribution < -0.4 is 0 Å². The molecule has 0 atom stereocenters. The molecule has 0 saturated heterocycles. The first-order valence-electron chi connectivity index (χ1n) is 11.4. The van der Waals surface area contributed by atoms with Crippen molar-refractivity contribution in [1.29, 1.82) is 5.26 Å². The number of benzene rings is 3. The number of aromatic nitrogens is 2. The number of hydrogen-bond donors (Lipinski definition) is 2. The topological polar surface area (TPSA) is 89.8 Å². The van der Waals surface area contributed by atoms with Crippen LogP contribution in [0.2, 0.25) is 5.02 Å². The van der Waals surface area contributed by atoms with Gasteiger partial charge in [0, 0.05) is 16.5 Å². The van der Waals surface area contributed by atoms with Crippen LogP contribution in [0.4, 0.5) is 0 Å². The third-order valence-corrected chi connectivity index (χ3v) is 6.83. The zero-order valence-corrected chi connectivity index (χ0v) is 19.6. The van der Waals surface area contributed by atoms with Crippen molar-refractivity contribution in [3.8, 4) is 6.07 Å². The molecule has 35 heavy (non-hydrogen) atoms. The van der Waals surface area contributed by atoms with Gasteiger partial charge in [-0.1, -0.05) is 54.4 Å². The highest BCUT2D eigenvalue weighted by Crippen LogP contribution is 2.47. The lowest BCUT2D eigenvalue weighted by atomic mass is 9.73. The first kappa shape index (κ1) is 22.6. The van der Waals surface area contributed by atoms with Gasteiger partial charge in [0.2, 0.25) is 0 Å². The minimum atomic E-state index is -0.981. The highest BCUT2D eigenvalue weighted by atomic mass is 35.5. The average molecular weight is 480 g/mol. The second-order valence-electron chi connectivity index (χ2n) is 8.69. The monoisotopic (exact) mass is 479 g/mol. The number of nitriles is 1. The molecular weight excluding hydrogens is 458 g/mol. The predicted octanol–water partition coefficient (Wildman–Crippen LogP) is 6.94. The second-order valence-corrected chi connectivity index (χ2v) is 9.10. The number of allylic oxidation sites excluding steroid dienone is 1. The lowest BCUT2D eigenvalue weighted by Crippen LogP contribution is -2.15. The number of halogens is 1. The molecule has 0 amide bonds. The van der Waals surface area contributed by atoms with Crippen LogP contribution in [0.5, 0.6) is 0 Å². The Morgan fingerprint density at radius 1 is 1.09 bits per heavy atom. The number of aromatic amines is 1. The van der Waals surface area contributed by atoms with Crippen LogP contribution in [0, 0.1) is 17.2 Å². The molecule has 0 spiro atoms. The minimum Gasteiger partial charge on any atom is -0.478 e. The van der Waals surface area contributed by atoms with E-state index in [9.17, 15) is 10.1 Å². The molecule has 1 aliphatic carbocycles. The summed E-state index contributed by atoms with van der Waals surface area (Å²) in [6, 6.07) is 21.8. The summed E-state index contributed by atoms with van der Waals surface area (Å²) in [6.45, 7) is 0. The summed E-state index contributed by atoms with van der Waals surface area (Å²) < 4.78 is 0. The molecule has 3 aromatic carbocycles. The van der Waals surface area contributed by atoms with Crippen molar-refractivity contribution < 1.29 is 9.90 Å². The van der Waals surface area contributed by atoms with E-state index in [4.69, 9.17) is 16.7 Å². The SMILES string of the molecule is N#Cc1ccc(C(=C(c2ccc(/C=C/C(=O)O)cc2)c2ccc3[nH]ncc3c2)C2CCC2)c(Cl)c1. The second kappa shape index (κ2) is 9.61. The third-order valence-electron chi connectivity index (χ3n) is 6.52. The number of nitrogens with zero attached hydrogens (tertiary/aromatic N) is 2. The molecule has 1 aromatic heterocycles. The molecule has 0 unspecified atom stereocenters. The third kappa shape index (κ3) is 4.62. The van der Waals surface area contributed by atoms with E-state index in [0.717, 1.165) is 64.1 Å². The summed E-state index contributed by atoms with van der Waals surface area (Å²) in [5.41, 5.74) is 7.56. The first-order valence-corrected chi connectivity index (χ1v) is 11.8. The molecule has 1 fully saturated rings. The standard InChI is InChI=1S/C29H22ClN3O2/c30-25-14-19(16-31)6-11-24(25)29(20-2-1-3-20)28(22-10-12-26-23(15-22)17-32-33-26)21-8-4-18(5-9-21)7-13-27(34)35/h4-15,17,20H,1-3H2,(H,32,33)(H,34,35)/b13-7+,29-28?. The Hall–Kier alpha value is -4.14. The maximum Gasteiger partial charge on any atom is 0.328 e. The largest absolute Gasteiger partial charge is 0.478 e. The van der Waals surface area contributed by atoms with E-state index in [0.29, 0.717) is 16.5 Å². The van der Waals surface area contributed by atoms with Crippen LogP contribution in [-0.2, 0) is 4.79 Å². The maximum atomic E-state index is 10.9. The Morgan fingerprint density at radius 3 is 2.51 bits per heavy atom. The average Bonchev–Trinajstić information content (AvgIpc) is 3.30. The number of carbonyl (C=O) groups is 1. The number of carboxylic acid groups (broad SMARTS) is 1. The zero-order valence-electron chi connectivity index (χ0n) is 18.8. The van der Waals surface area contributed by atoms with Gasteiger partial charge in [0.05, 0.1) is 23.3 Å². The van der Waals surface area contributed by atoms with E-state index in [1.165, 1.54) is 5.57 Å². The quantitative estimate of drug-likeness (QED) is 0.231. The van der Waals surface area contributed by atoms with Crippen molar-refractivity contribution in [3.63, 3.8) is 0 Å². The van der Waals surface area contributed by atoms with E-state index in [1.807, 2.05) is 48.7 Å². The summed E-state index contributed by atoms with van der Waals surface area (Å²) in [5.74, 6) is -0.632. The van der Waals surface area contributed by atoms with Gasteiger partial charge in [-0.15, -0.1) is 0 Å². The van der Waals surface area contributed by atoms with Gasteiger partial charge in [-0.3, -0.25) is 5.10 Å². The molecule has 4 aromatic rings. The molecule has 2 N–H and O–H groups in total. The van der Waals surface area contributed by atoms with Crippen LogP contribution in [0.1, 0.15) is 47.1 Å². The molecule has 5 rings (SSSR count). The van der Waals surface area contributed by atoms with E-state index in [1.54, 1.807) is 12.1 Å². The van der Waals surface area contributed by atoms with Crippen molar-refractivity contribution in [2.45, 2.75) is 19.3 Å². The zero-order chi connectivity index (χ0) is 24.4. The van der Waals surface area contributed by atoms with Crippen molar-refractivity contribution >= 4 is 45.7 Å². The molecule has 1 heterocycles. The van der Waals surface area contributed by atoms with Crippen molar-refractivity contribution in [3.05, 3.63) is 106 Å². The molecular formula is C29H22ClN3O2. The van der Waals surface area contributed by atoms with Crippen molar-refractivity contribution in [2.24, 2.45) is 5.92 Å². The fourth-order valence-electron chi connectivity index (χ4n) is 4.56. The van der Waals surface area contributed by atoms with Gasteiger partial charge in [-0.25, -0.2) is 4.79 Å². The Kier molecular flexibility index (Phi) is 6.22. The first-order chi connectivity index (χ1) is 17.0.